The van der Waals surface area contributed by atoms with Gasteiger partial charge in [-0.3, -0.25) is 19.7 Å². The predicted octanol–water partition coefficient (Wildman–Crippen LogP) is 3.65. The number of benzene rings is 2. The quantitative estimate of drug-likeness (QED) is 0.305. The zero-order valence-electron chi connectivity index (χ0n) is 14.7. The molecule has 27 heavy (non-hydrogen) atoms. The number of esters is 1. The van der Waals surface area contributed by atoms with Gasteiger partial charge in [0.15, 0.2) is 11.7 Å². The number of nitro groups is 1. The van der Waals surface area contributed by atoms with Gasteiger partial charge in [0.2, 0.25) is 0 Å². The molecule has 0 radical (unpaired) electrons. The van der Waals surface area contributed by atoms with Crippen LogP contribution in [0.2, 0.25) is 0 Å². The number of nitrogens with zero attached hydrogens (tertiary/aromatic N) is 2. The molecule has 2 aromatic rings. The number of ether oxygens (including phenoxy) is 1. The van der Waals surface area contributed by atoms with E-state index in [1.165, 1.54) is 18.2 Å². The molecule has 138 valence electrons. The van der Waals surface area contributed by atoms with E-state index in [-0.39, 0.29) is 24.5 Å². The normalized spacial score (nSPS) is 12.4. The minimum Gasteiger partial charge on any atom is -0.465 e. The Labute approximate surface area is 156 Å². The first kappa shape index (κ1) is 19.8. The fraction of sp³-hybridized carbons (Fsp3) is 0.250. The van der Waals surface area contributed by atoms with E-state index in [0.29, 0.717) is 11.1 Å². The SMILES string of the molecule is CCOC(=O)C(C#N)C(CC(=O)c1ccccc1)c1cccc([N+](=O)[O-])c1. The Balaban J connectivity index is 2.43. The third-order valence-corrected chi connectivity index (χ3v) is 4.09. The number of carbonyl (C=O) groups is 2. The highest BCUT2D eigenvalue weighted by molar-refractivity contribution is 5.97. The number of carbonyl (C=O) groups excluding carboxylic acids is 2. The number of hydrogen-bond acceptors (Lipinski definition) is 6. The Bertz CT molecular complexity index is 873. The van der Waals surface area contributed by atoms with E-state index in [1.807, 2.05) is 6.07 Å². The summed E-state index contributed by atoms with van der Waals surface area (Å²) in [4.78, 5) is 35.4. The molecule has 7 heteroatoms. The largest absolute Gasteiger partial charge is 0.465 e. The van der Waals surface area contributed by atoms with Crippen LogP contribution in [0.3, 0.4) is 0 Å². The number of Topliss-reactive ketones (excluding diaryl/α,β-unsaturated/α-hetero) is 1. The van der Waals surface area contributed by atoms with E-state index >= 15 is 0 Å². The Morgan fingerprint density at radius 3 is 2.48 bits per heavy atom. The first-order valence-corrected chi connectivity index (χ1v) is 8.36. The molecule has 0 amide bonds. The Morgan fingerprint density at radius 1 is 1.19 bits per heavy atom. The average molecular weight is 366 g/mol. The fourth-order valence-corrected chi connectivity index (χ4v) is 2.78. The molecule has 0 fully saturated rings. The van der Waals surface area contributed by atoms with Gasteiger partial charge >= 0.3 is 5.97 Å². The zero-order chi connectivity index (χ0) is 19.8. The zero-order valence-corrected chi connectivity index (χ0v) is 14.7. The van der Waals surface area contributed by atoms with E-state index in [0.717, 1.165) is 0 Å². The second-order valence-electron chi connectivity index (χ2n) is 5.81. The maximum absolute atomic E-state index is 12.7. The fourth-order valence-electron chi connectivity index (χ4n) is 2.78. The highest BCUT2D eigenvalue weighted by Gasteiger charge is 2.33. The first-order valence-electron chi connectivity index (χ1n) is 8.36. The lowest BCUT2D eigenvalue weighted by atomic mass is 9.82. The van der Waals surface area contributed by atoms with Crippen LogP contribution in [0.1, 0.15) is 35.2 Å². The molecule has 0 bridgehead atoms. The molecule has 2 rings (SSSR count). The summed E-state index contributed by atoms with van der Waals surface area (Å²) in [7, 11) is 0. The molecule has 0 spiro atoms. The van der Waals surface area contributed by atoms with Crippen molar-refractivity contribution < 1.29 is 19.2 Å². The summed E-state index contributed by atoms with van der Waals surface area (Å²) in [5.41, 5.74) is 0.631. The standard InChI is InChI=1S/C20H18N2O5/c1-2-27-20(24)18(13-21)17(12-19(23)14-7-4-3-5-8-14)15-9-6-10-16(11-15)22(25)26/h3-11,17-18H,2,12H2,1H3. The lowest BCUT2D eigenvalue weighted by Gasteiger charge is -2.20. The summed E-state index contributed by atoms with van der Waals surface area (Å²) in [5, 5.41) is 20.6. The van der Waals surface area contributed by atoms with Crippen molar-refractivity contribution in [3.63, 3.8) is 0 Å². The third-order valence-electron chi connectivity index (χ3n) is 4.09. The van der Waals surface area contributed by atoms with Gasteiger partial charge in [0, 0.05) is 30.0 Å². The van der Waals surface area contributed by atoms with Gasteiger partial charge in [-0.2, -0.15) is 5.26 Å². The smallest absolute Gasteiger partial charge is 0.323 e. The number of non-ortho nitro benzene ring substituents is 1. The molecule has 0 aliphatic carbocycles. The van der Waals surface area contributed by atoms with Gasteiger partial charge in [0.1, 0.15) is 0 Å². The van der Waals surface area contributed by atoms with Crippen molar-refractivity contribution in [1.29, 1.82) is 5.26 Å². The summed E-state index contributed by atoms with van der Waals surface area (Å²) in [6.45, 7) is 1.70. The van der Waals surface area contributed by atoms with Gasteiger partial charge in [0.25, 0.3) is 5.69 Å². The highest BCUT2D eigenvalue weighted by Crippen LogP contribution is 2.32. The van der Waals surface area contributed by atoms with Crippen molar-refractivity contribution in [3.8, 4) is 6.07 Å². The molecule has 0 aliphatic heterocycles. The molecule has 0 saturated heterocycles. The molecule has 7 nitrogen and oxygen atoms in total. The van der Waals surface area contributed by atoms with E-state index < -0.39 is 22.7 Å². The molecule has 0 aromatic heterocycles. The maximum atomic E-state index is 12.7. The van der Waals surface area contributed by atoms with Gasteiger partial charge in [-0.25, -0.2) is 0 Å². The predicted molar refractivity (Wildman–Crippen MR) is 97.0 cm³/mol. The molecular weight excluding hydrogens is 348 g/mol. The Morgan fingerprint density at radius 2 is 1.89 bits per heavy atom. The van der Waals surface area contributed by atoms with Crippen molar-refractivity contribution in [3.05, 3.63) is 75.8 Å². The topological polar surface area (TPSA) is 110 Å². The van der Waals surface area contributed by atoms with Crippen LogP contribution in [0.15, 0.2) is 54.6 Å². The van der Waals surface area contributed by atoms with Gasteiger partial charge in [0.05, 0.1) is 17.6 Å². The number of nitro benzene ring substituents is 1. The average Bonchev–Trinajstić information content (AvgIpc) is 2.68. The summed E-state index contributed by atoms with van der Waals surface area (Å²) in [6.07, 6.45) is -0.151. The molecule has 0 heterocycles. The Kier molecular flexibility index (Phi) is 6.78. The van der Waals surface area contributed by atoms with E-state index in [2.05, 4.69) is 0 Å². The number of hydrogen-bond donors (Lipinski definition) is 0. The molecule has 2 aromatic carbocycles. The lowest BCUT2D eigenvalue weighted by Crippen LogP contribution is -2.25. The molecule has 0 aliphatic rings. The van der Waals surface area contributed by atoms with Crippen LogP contribution >= 0.6 is 0 Å². The molecule has 2 atom stereocenters. The van der Waals surface area contributed by atoms with Crippen molar-refractivity contribution in [2.24, 2.45) is 5.92 Å². The van der Waals surface area contributed by atoms with Gasteiger partial charge in [-0.15, -0.1) is 0 Å². The van der Waals surface area contributed by atoms with Crippen LogP contribution in [0.4, 0.5) is 5.69 Å². The third kappa shape index (κ3) is 4.98. The summed E-state index contributed by atoms with van der Waals surface area (Å²) >= 11 is 0. The second kappa shape index (κ2) is 9.25. The Hall–Kier alpha value is -3.53. The highest BCUT2D eigenvalue weighted by atomic mass is 16.6. The van der Waals surface area contributed by atoms with Crippen molar-refractivity contribution in [2.75, 3.05) is 6.61 Å². The van der Waals surface area contributed by atoms with Crippen LogP contribution in [0.25, 0.3) is 0 Å². The first-order chi connectivity index (χ1) is 13.0. The van der Waals surface area contributed by atoms with Gasteiger partial charge < -0.3 is 4.74 Å². The number of nitriles is 1. The minimum absolute atomic E-state index is 0.0886. The van der Waals surface area contributed by atoms with Crippen LogP contribution in [-0.2, 0) is 9.53 Å². The number of rotatable bonds is 8. The molecule has 0 N–H and O–H groups in total. The van der Waals surface area contributed by atoms with Crippen molar-refractivity contribution >= 4 is 17.4 Å². The van der Waals surface area contributed by atoms with Crippen LogP contribution in [0.5, 0.6) is 0 Å². The van der Waals surface area contributed by atoms with Crippen LogP contribution in [-0.4, -0.2) is 23.3 Å². The molecular formula is C20H18N2O5. The van der Waals surface area contributed by atoms with Crippen molar-refractivity contribution in [1.82, 2.24) is 0 Å². The van der Waals surface area contributed by atoms with E-state index in [1.54, 1.807) is 43.3 Å². The van der Waals surface area contributed by atoms with E-state index in [4.69, 9.17) is 4.74 Å². The summed E-state index contributed by atoms with van der Waals surface area (Å²) < 4.78 is 4.96. The van der Waals surface area contributed by atoms with Crippen molar-refractivity contribution in [2.45, 2.75) is 19.3 Å². The summed E-state index contributed by atoms with van der Waals surface area (Å²) in [5.74, 6) is -3.13. The lowest BCUT2D eigenvalue weighted by molar-refractivity contribution is -0.384. The second-order valence-corrected chi connectivity index (χ2v) is 5.81. The summed E-state index contributed by atoms with van der Waals surface area (Å²) in [6, 6.07) is 16.0. The van der Waals surface area contributed by atoms with Crippen LogP contribution in [0, 0.1) is 27.4 Å². The minimum atomic E-state index is -1.25. The van der Waals surface area contributed by atoms with Crippen LogP contribution < -0.4 is 0 Å². The van der Waals surface area contributed by atoms with Gasteiger partial charge in [-0.05, 0) is 12.5 Å². The molecule has 0 saturated carbocycles. The number of ketones is 1. The van der Waals surface area contributed by atoms with E-state index in [9.17, 15) is 25.0 Å². The van der Waals surface area contributed by atoms with Gasteiger partial charge in [-0.1, -0.05) is 42.5 Å². The molecule has 2 unspecified atom stereocenters. The monoisotopic (exact) mass is 366 g/mol. The maximum Gasteiger partial charge on any atom is 0.323 e.